The van der Waals surface area contributed by atoms with Gasteiger partial charge in [-0.05, 0) is 42.8 Å². The second-order valence-electron chi connectivity index (χ2n) is 6.75. The average Bonchev–Trinajstić information content (AvgIpc) is 3.26. The number of nitrogens with zero attached hydrogens (tertiary/aromatic N) is 5. The minimum atomic E-state index is -0.467. The highest BCUT2D eigenvalue weighted by molar-refractivity contribution is 5.76. The highest BCUT2D eigenvalue weighted by Gasteiger charge is 2.41. The zero-order valence-corrected chi connectivity index (χ0v) is 15.5. The van der Waals surface area contributed by atoms with E-state index in [0.29, 0.717) is 38.5 Å². The number of tetrazole rings is 1. The molecule has 0 aliphatic carbocycles. The van der Waals surface area contributed by atoms with E-state index in [1.165, 1.54) is 5.56 Å². The Hall–Kier alpha value is -2.48. The van der Waals surface area contributed by atoms with Crippen molar-refractivity contribution in [2.75, 3.05) is 26.8 Å². The molecule has 0 radical (unpaired) electrons. The van der Waals surface area contributed by atoms with Crippen LogP contribution in [0.15, 0.2) is 24.3 Å². The summed E-state index contributed by atoms with van der Waals surface area (Å²) in [6, 6.07) is 7.93. The molecule has 1 fully saturated rings. The first-order chi connectivity index (χ1) is 12.5. The van der Waals surface area contributed by atoms with Crippen LogP contribution in [0.2, 0.25) is 0 Å². The van der Waals surface area contributed by atoms with E-state index in [4.69, 9.17) is 9.47 Å². The van der Waals surface area contributed by atoms with Crippen molar-refractivity contribution < 1.29 is 14.3 Å². The van der Waals surface area contributed by atoms with Crippen LogP contribution >= 0.6 is 0 Å². The van der Waals surface area contributed by atoms with Crippen LogP contribution in [0, 0.1) is 13.8 Å². The maximum Gasteiger partial charge on any atom is 0.224 e. The number of hydrogen-bond acceptors (Lipinski definition) is 6. The molecule has 0 N–H and O–H groups in total. The molecule has 140 valence electrons. The Morgan fingerprint density at radius 3 is 2.69 bits per heavy atom. The molecule has 1 aromatic carbocycles. The van der Waals surface area contributed by atoms with Gasteiger partial charge in [-0.1, -0.05) is 17.7 Å². The molecule has 3 rings (SSSR count). The lowest BCUT2D eigenvalue weighted by Gasteiger charge is -2.28. The van der Waals surface area contributed by atoms with E-state index in [9.17, 15) is 4.79 Å². The van der Waals surface area contributed by atoms with Crippen molar-refractivity contribution >= 4 is 5.91 Å². The zero-order chi connectivity index (χ0) is 18.6. The van der Waals surface area contributed by atoms with Gasteiger partial charge in [0, 0.05) is 20.1 Å². The van der Waals surface area contributed by atoms with Crippen molar-refractivity contribution in [2.45, 2.75) is 38.8 Å². The molecule has 0 bridgehead atoms. The standard InChI is InChI=1S/C18H25N5O3/c1-14-4-6-16(7-5-14)26-13-18(25-3)9-11-22(12-18)17(24)8-10-23-15(2)19-20-21-23/h4-7H,8-13H2,1-3H3/t18-/m0/s1. The van der Waals surface area contributed by atoms with E-state index in [1.54, 1.807) is 11.8 Å². The number of rotatable bonds is 7. The molecule has 8 nitrogen and oxygen atoms in total. The van der Waals surface area contributed by atoms with Crippen molar-refractivity contribution in [1.29, 1.82) is 0 Å². The Morgan fingerprint density at radius 2 is 2.04 bits per heavy atom. The van der Waals surface area contributed by atoms with E-state index in [2.05, 4.69) is 15.5 Å². The van der Waals surface area contributed by atoms with E-state index in [1.807, 2.05) is 43.0 Å². The number of carbonyl (C=O) groups is 1. The number of ether oxygens (including phenoxy) is 2. The van der Waals surface area contributed by atoms with E-state index in [-0.39, 0.29) is 5.91 Å². The summed E-state index contributed by atoms with van der Waals surface area (Å²) in [6.45, 7) is 5.95. The van der Waals surface area contributed by atoms with Gasteiger partial charge in [-0.3, -0.25) is 4.79 Å². The van der Waals surface area contributed by atoms with Gasteiger partial charge in [0.1, 0.15) is 23.8 Å². The zero-order valence-electron chi connectivity index (χ0n) is 15.5. The summed E-state index contributed by atoms with van der Waals surface area (Å²) in [6.07, 6.45) is 1.12. The van der Waals surface area contributed by atoms with Crippen molar-refractivity contribution in [2.24, 2.45) is 0 Å². The van der Waals surface area contributed by atoms with E-state index < -0.39 is 5.60 Å². The van der Waals surface area contributed by atoms with E-state index in [0.717, 1.165) is 12.2 Å². The van der Waals surface area contributed by atoms with Gasteiger partial charge in [-0.15, -0.1) is 5.10 Å². The molecule has 1 aromatic heterocycles. The number of aryl methyl sites for hydroxylation is 3. The van der Waals surface area contributed by atoms with Crippen LogP contribution in [0.5, 0.6) is 5.75 Å². The fraction of sp³-hybridized carbons (Fsp3) is 0.556. The maximum absolute atomic E-state index is 12.5. The van der Waals surface area contributed by atoms with Crippen LogP contribution in [0.3, 0.4) is 0 Å². The lowest BCUT2D eigenvalue weighted by Crippen LogP contribution is -2.42. The first-order valence-corrected chi connectivity index (χ1v) is 8.76. The molecule has 1 atom stereocenters. The lowest BCUT2D eigenvalue weighted by molar-refractivity contribution is -0.132. The average molecular weight is 359 g/mol. The van der Waals surface area contributed by atoms with Gasteiger partial charge < -0.3 is 14.4 Å². The van der Waals surface area contributed by atoms with Crippen molar-refractivity contribution in [1.82, 2.24) is 25.1 Å². The lowest BCUT2D eigenvalue weighted by atomic mass is 10.0. The Morgan fingerprint density at radius 1 is 1.27 bits per heavy atom. The van der Waals surface area contributed by atoms with Gasteiger partial charge in [0.25, 0.3) is 0 Å². The summed E-state index contributed by atoms with van der Waals surface area (Å²) in [5.41, 5.74) is 0.722. The first-order valence-electron chi connectivity index (χ1n) is 8.76. The quantitative estimate of drug-likeness (QED) is 0.743. The van der Waals surface area contributed by atoms with Gasteiger partial charge in [-0.2, -0.15) is 0 Å². The summed E-state index contributed by atoms with van der Waals surface area (Å²) < 4.78 is 13.3. The number of carbonyl (C=O) groups excluding carboxylic acids is 1. The fourth-order valence-electron chi connectivity index (χ4n) is 3.07. The number of likely N-dealkylation sites (tertiary alicyclic amines) is 1. The third-order valence-corrected chi connectivity index (χ3v) is 4.87. The summed E-state index contributed by atoms with van der Waals surface area (Å²) in [5.74, 6) is 1.59. The molecule has 2 aromatic rings. The van der Waals surface area contributed by atoms with Crippen molar-refractivity contribution in [3.63, 3.8) is 0 Å². The molecule has 1 amide bonds. The van der Waals surface area contributed by atoms with Gasteiger partial charge in [0.05, 0.1) is 13.1 Å². The predicted molar refractivity (Wildman–Crippen MR) is 94.8 cm³/mol. The van der Waals surface area contributed by atoms with Crippen LogP contribution in [-0.4, -0.2) is 63.4 Å². The third-order valence-electron chi connectivity index (χ3n) is 4.87. The van der Waals surface area contributed by atoms with Gasteiger partial charge >= 0.3 is 0 Å². The van der Waals surface area contributed by atoms with E-state index >= 15 is 0 Å². The molecular formula is C18H25N5O3. The van der Waals surface area contributed by atoms with Crippen LogP contribution in [-0.2, 0) is 16.1 Å². The Kier molecular flexibility index (Phi) is 5.51. The van der Waals surface area contributed by atoms with Crippen LogP contribution in [0.25, 0.3) is 0 Å². The molecule has 1 aliphatic heterocycles. The number of methoxy groups -OCH3 is 1. The number of amides is 1. The third kappa shape index (κ3) is 4.19. The molecule has 1 saturated heterocycles. The largest absolute Gasteiger partial charge is 0.491 e. The van der Waals surface area contributed by atoms with Crippen LogP contribution in [0.1, 0.15) is 24.2 Å². The number of benzene rings is 1. The molecule has 1 aliphatic rings. The maximum atomic E-state index is 12.5. The second kappa shape index (κ2) is 7.82. The Balaban J connectivity index is 1.53. The molecular weight excluding hydrogens is 334 g/mol. The first kappa shape index (κ1) is 18.3. The number of hydrogen-bond donors (Lipinski definition) is 0. The van der Waals surface area contributed by atoms with Gasteiger partial charge in [0.2, 0.25) is 5.91 Å². The molecule has 0 spiro atoms. The molecule has 2 heterocycles. The fourth-order valence-corrected chi connectivity index (χ4v) is 3.07. The predicted octanol–water partition coefficient (Wildman–Crippen LogP) is 1.38. The van der Waals surface area contributed by atoms with Crippen LogP contribution in [0.4, 0.5) is 0 Å². The smallest absolute Gasteiger partial charge is 0.224 e. The summed E-state index contributed by atoms with van der Waals surface area (Å²) >= 11 is 0. The van der Waals surface area contributed by atoms with Crippen LogP contribution < -0.4 is 4.74 Å². The van der Waals surface area contributed by atoms with Gasteiger partial charge in [-0.25, -0.2) is 4.68 Å². The molecule has 0 unspecified atom stereocenters. The normalized spacial score (nSPS) is 19.7. The van der Waals surface area contributed by atoms with Crippen molar-refractivity contribution in [3.8, 4) is 5.75 Å². The second-order valence-corrected chi connectivity index (χ2v) is 6.75. The molecule has 0 saturated carbocycles. The summed E-state index contributed by atoms with van der Waals surface area (Å²) in [7, 11) is 1.68. The minimum Gasteiger partial charge on any atom is -0.491 e. The SMILES string of the molecule is CO[C@@]1(COc2ccc(C)cc2)CCN(C(=O)CCn2nnnc2C)C1. The highest BCUT2D eigenvalue weighted by atomic mass is 16.5. The van der Waals surface area contributed by atoms with Gasteiger partial charge in [0.15, 0.2) is 0 Å². The topological polar surface area (TPSA) is 82.4 Å². The Bertz CT molecular complexity index is 746. The molecule has 26 heavy (non-hydrogen) atoms. The van der Waals surface area contributed by atoms with Crippen molar-refractivity contribution in [3.05, 3.63) is 35.7 Å². The molecule has 8 heteroatoms. The monoisotopic (exact) mass is 359 g/mol. The highest BCUT2D eigenvalue weighted by Crippen LogP contribution is 2.27. The Labute approximate surface area is 153 Å². The summed E-state index contributed by atoms with van der Waals surface area (Å²) in [4.78, 5) is 14.3. The number of aromatic nitrogens is 4. The summed E-state index contributed by atoms with van der Waals surface area (Å²) in [5, 5.41) is 11.3. The minimum absolute atomic E-state index is 0.0779.